The maximum absolute atomic E-state index is 3.61. The molecule has 9 heavy (non-hydrogen) atoms. The van der Waals surface area contributed by atoms with E-state index < -0.39 is 8.24 Å². The van der Waals surface area contributed by atoms with Crippen molar-refractivity contribution >= 4 is 8.24 Å². The van der Waals surface area contributed by atoms with Gasteiger partial charge in [0.15, 0.2) is 0 Å². The monoisotopic (exact) mass is 145 g/mol. The molecule has 0 aliphatic rings. The van der Waals surface area contributed by atoms with Gasteiger partial charge in [-0.25, -0.2) is 0 Å². The number of rotatable bonds is 3. The van der Waals surface area contributed by atoms with Crippen LogP contribution in [0.15, 0.2) is 0 Å². The summed E-state index contributed by atoms with van der Waals surface area (Å²) >= 11 is 0. The SMILES string of the molecule is CCC(C)N[Si](C)(C)C. The zero-order chi connectivity index (χ0) is 7.49. The lowest BCUT2D eigenvalue weighted by atomic mass is 10.3. The fourth-order valence-electron chi connectivity index (χ4n) is 0.841. The first kappa shape index (κ1) is 9.18. The lowest BCUT2D eigenvalue weighted by molar-refractivity contribution is 0.643. The van der Waals surface area contributed by atoms with E-state index >= 15 is 0 Å². The molecule has 0 fully saturated rings. The molecule has 0 amide bonds. The van der Waals surface area contributed by atoms with E-state index in [0.29, 0.717) is 6.04 Å². The first-order valence-electron chi connectivity index (χ1n) is 3.73. The molecule has 1 nitrogen and oxygen atoms in total. The molecular weight excluding hydrogens is 126 g/mol. The third-order valence-electron chi connectivity index (χ3n) is 1.29. The Morgan fingerprint density at radius 2 is 1.78 bits per heavy atom. The standard InChI is InChI=1S/C7H19NSi/c1-6-7(2)8-9(3,4)5/h7-8H,6H2,1-5H3. The molecule has 0 aromatic carbocycles. The molecule has 0 saturated heterocycles. The van der Waals surface area contributed by atoms with E-state index in [9.17, 15) is 0 Å². The van der Waals surface area contributed by atoms with Crippen molar-refractivity contribution in [3.8, 4) is 0 Å². The molecule has 0 spiro atoms. The van der Waals surface area contributed by atoms with Crippen LogP contribution in [0.25, 0.3) is 0 Å². The van der Waals surface area contributed by atoms with E-state index in [1.807, 2.05) is 0 Å². The van der Waals surface area contributed by atoms with Gasteiger partial charge in [0.25, 0.3) is 0 Å². The van der Waals surface area contributed by atoms with Crippen LogP contribution in [-0.4, -0.2) is 14.3 Å². The molecule has 0 aliphatic carbocycles. The van der Waals surface area contributed by atoms with E-state index in [0.717, 1.165) is 0 Å². The maximum atomic E-state index is 3.61. The Balaban J connectivity index is 3.47. The Hall–Kier alpha value is 0.177. The highest BCUT2D eigenvalue weighted by atomic mass is 28.3. The van der Waals surface area contributed by atoms with Crippen molar-refractivity contribution < 1.29 is 0 Å². The zero-order valence-corrected chi connectivity index (χ0v) is 8.28. The highest BCUT2D eigenvalue weighted by Crippen LogP contribution is 1.98. The Morgan fingerprint density at radius 1 is 1.33 bits per heavy atom. The summed E-state index contributed by atoms with van der Waals surface area (Å²) in [4.78, 5) is 3.61. The Labute approximate surface area is 59.9 Å². The number of hydrogen-bond acceptors (Lipinski definition) is 1. The molecular formula is C7H19NSi. The van der Waals surface area contributed by atoms with E-state index in [4.69, 9.17) is 0 Å². The summed E-state index contributed by atoms with van der Waals surface area (Å²) in [6, 6.07) is 0.705. The summed E-state index contributed by atoms with van der Waals surface area (Å²) in [7, 11) is -0.991. The van der Waals surface area contributed by atoms with Gasteiger partial charge in [-0.05, 0) is 12.5 Å². The van der Waals surface area contributed by atoms with Gasteiger partial charge in [-0.3, -0.25) is 0 Å². The quantitative estimate of drug-likeness (QED) is 0.600. The van der Waals surface area contributed by atoms with Gasteiger partial charge >= 0.3 is 0 Å². The second-order valence-electron chi connectivity index (χ2n) is 3.70. The van der Waals surface area contributed by atoms with Crippen molar-refractivity contribution in [2.45, 2.75) is 46.0 Å². The average Bonchev–Trinajstić information content (AvgIpc) is 1.62. The molecule has 0 aromatic rings. The van der Waals surface area contributed by atoms with Gasteiger partial charge in [-0.1, -0.05) is 33.5 Å². The van der Waals surface area contributed by atoms with E-state index in [2.05, 4.69) is 38.5 Å². The number of hydrogen-bond donors (Lipinski definition) is 1. The van der Waals surface area contributed by atoms with Crippen LogP contribution in [0.5, 0.6) is 0 Å². The van der Waals surface area contributed by atoms with Crippen molar-refractivity contribution in [3.63, 3.8) is 0 Å². The fourth-order valence-corrected chi connectivity index (χ4v) is 2.52. The predicted octanol–water partition coefficient (Wildman–Crippen LogP) is 2.21. The fraction of sp³-hybridized carbons (Fsp3) is 1.00. The molecule has 1 unspecified atom stereocenters. The zero-order valence-electron chi connectivity index (χ0n) is 7.28. The minimum absolute atomic E-state index is 0.705. The second kappa shape index (κ2) is 3.37. The minimum Gasteiger partial charge on any atom is -0.335 e. The van der Waals surface area contributed by atoms with Gasteiger partial charge in [0.2, 0.25) is 0 Å². The van der Waals surface area contributed by atoms with Crippen molar-refractivity contribution in [2.75, 3.05) is 0 Å². The van der Waals surface area contributed by atoms with Gasteiger partial charge in [-0.15, -0.1) is 0 Å². The predicted molar refractivity (Wildman–Crippen MR) is 46.2 cm³/mol. The van der Waals surface area contributed by atoms with Gasteiger partial charge < -0.3 is 4.98 Å². The third-order valence-corrected chi connectivity index (χ3v) is 2.65. The first-order chi connectivity index (χ1) is 3.95. The molecule has 56 valence electrons. The minimum atomic E-state index is -0.991. The van der Waals surface area contributed by atoms with Gasteiger partial charge in [0.05, 0.1) is 0 Å². The average molecular weight is 145 g/mol. The lowest BCUT2D eigenvalue weighted by Gasteiger charge is -2.22. The van der Waals surface area contributed by atoms with Crippen LogP contribution in [0, 0.1) is 0 Å². The van der Waals surface area contributed by atoms with E-state index in [1.165, 1.54) is 6.42 Å². The molecule has 0 aromatic heterocycles. The normalized spacial score (nSPS) is 15.7. The molecule has 0 rings (SSSR count). The molecule has 2 heteroatoms. The highest BCUT2D eigenvalue weighted by Gasteiger charge is 2.14. The molecule has 0 radical (unpaired) electrons. The lowest BCUT2D eigenvalue weighted by Crippen LogP contribution is -2.46. The van der Waals surface area contributed by atoms with Gasteiger partial charge in [-0.2, -0.15) is 0 Å². The molecule has 0 aliphatic heterocycles. The van der Waals surface area contributed by atoms with E-state index in [-0.39, 0.29) is 0 Å². The number of nitrogens with one attached hydrogen (secondary N) is 1. The summed E-state index contributed by atoms with van der Waals surface area (Å²) in [6.45, 7) is 11.5. The summed E-state index contributed by atoms with van der Waals surface area (Å²) in [5.74, 6) is 0. The van der Waals surface area contributed by atoms with Gasteiger partial charge in [0.1, 0.15) is 8.24 Å². The van der Waals surface area contributed by atoms with Crippen molar-refractivity contribution in [1.29, 1.82) is 0 Å². The molecule has 0 heterocycles. The third kappa shape index (κ3) is 6.06. The van der Waals surface area contributed by atoms with Crippen molar-refractivity contribution in [3.05, 3.63) is 0 Å². The van der Waals surface area contributed by atoms with Crippen LogP contribution in [0.1, 0.15) is 20.3 Å². The Kier molecular flexibility index (Phi) is 3.44. The summed E-state index contributed by atoms with van der Waals surface area (Å²) < 4.78 is 0. The maximum Gasteiger partial charge on any atom is 0.116 e. The van der Waals surface area contributed by atoms with E-state index in [1.54, 1.807) is 0 Å². The van der Waals surface area contributed by atoms with Crippen LogP contribution < -0.4 is 4.98 Å². The van der Waals surface area contributed by atoms with Crippen LogP contribution in [0.3, 0.4) is 0 Å². The summed E-state index contributed by atoms with van der Waals surface area (Å²) in [5, 5.41) is 0. The van der Waals surface area contributed by atoms with Crippen molar-refractivity contribution in [1.82, 2.24) is 4.98 Å². The van der Waals surface area contributed by atoms with Crippen molar-refractivity contribution in [2.24, 2.45) is 0 Å². The Morgan fingerprint density at radius 3 is 1.89 bits per heavy atom. The molecule has 0 bridgehead atoms. The second-order valence-corrected chi connectivity index (χ2v) is 8.49. The Bertz CT molecular complexity index is 75.5. The van der Waals surface area contributed by atoms with Crippen LogP contribution >= 0.6 is 0 Å². The largest absolute Gasteiger partial charge is 0.335 e. The smallest absolute Gasteiger partial charge is 0.116 e. The molecule has 1 atom stereocenters. The van der Waals surface area contributed by atoms with Gasteiger partial charge in [0, 0.05) is 0 Å². The topological polar surface area (TPSA) is 12.0 Å². The van der Waals surface area contributed by atoms with Crippen LogP contribution in [0.4, 0.5) is 0 Å². The van der Waals surface area contributed by atoms with Crippen LogP contribution in [-0.2, 0) is 0 Å². The molecule has 0 saturated carbocycles. The first-order valence-corrected chi connectivity index (χ1v) is 7.23. The summed E-state index contributed by atoms with van der Waals surface area (Å²) in [5.41, 5.74) is 0. The highest BCUT2D eigenvalue weighted by molar-refractivity contribution is 6.73. The molecule has 1 N–H and O–H groups in total. The summed E-state index contributed by atoms with van der Waals surface area (Å²) in [6.07, 6.45) is 1.24. The van der Waals surface area contributed by atoms with Crippen LogP contribution in [0.2, 0.25) is 19.6 Å².